The molecule has 4 rings (SSSR count). The molecule has 9 nitrogen and oxygen atoms in total. The van der Waals surface area contributed by atoms with Crippen LogP contribution in [0.25, 0.3) is 11.5 Å². The number of amides is 1. The summed E-state index contributed by atoms with van der Waals surface area (Å²) in [5.41, 5.74) is 0.224. The molecule has 1 aliphatic rings. The van der Waals surface area contributed by atoms with E-state index in [9.17, 15) is 18.5 Å². The second-order valence-corrected chi connectivity index (χ2v) is 8.26. The van der Waals surface area contributed by atoms with Gasteiger partial charge in [0.1, 0.15) is 6.07 Å². The number of hydrogen-bond acceptors (Lipinski definition) is 7. The molecule has 10 heteroatoms. The summed E-state index contributed by atoms with van der Waals surface area (Å²) in [6.45, 7) is 0.652. The SMILES string of the molecule is N#Cc1ccccc1S(=O)(=O)N1CCN(C(=O)c2cc(-c3ccco3)on2)CC1. The number of aromatic nitrogens is 1. The lowest BCUT2D eigenvalue weighted by molar-refractivity contribution is 0.0687. The lowest BCUT2D eigenvalue weighted by atomic mass is 10.2. The number of carbonyl (C=O) groups excluding carboxylic acids is 1. The zero-order valence-electron chi connectivity index (χ0n) is 15.2. The molecule has 0 atom stereocenters. The van der Waals surface area contributed by atoms with Gasteiger partial charge in [0.2, 0.25) is 15.8 Å². The number of piperazine rings is 1. The zero-order chi connectivity index (χ0) is 20.4. The summed E-state index contributed by atoms with van der Waals surface area (Å²) in [7, 11) is -3.82. The van der Waals surface area contributed by atoms with Gasteiger partial charge in [-0.2, -0.15) is 9.57 Å². The van der Waals surface area contributed by atoms with Crippen LogP contribution in [0.1, 0.15) is 16.1 Å². The van der Waals surface area contributed by atoms with Crippen molar-refractivity contribution in [2.45, 2.75) is 4.90 Å². The van der Waals surface area contributed by atoms with Gasteiger partial charge in [0.25, 0.3) is 5.91 Å². The van der Waals surface area contributed by atoms with Crippen molar-refractivity contribution in [3.05, 3.63) is 60.0 Å². The van der Waals surface area contributed by atoms with Gasteiger partial charge in [0.05, 0.1) is 16.7 Å². The fraction of sp³-hybridized carbons (Fsp3) is 0.211. The van der Waals surface area contributed by atoms with Crippen LogP contribution in [0, 0.1) is 11.3 Å². The maximum Gasteiger partial charge on any atom is 0.276 e. The third-order valence-corrected chi connectivity index (χ3v) is 6.60. The molecule has 0 saturated carbocycles. The molecule has 1 aromatic carbocycles. The summed E-state index contributed by atoms with van der Waals surface area (Å²) in [6, 6.07) is 12.9. The van der Waals surface area contributed by atoms with Gasteiger partial charge in [-0.05, 0) is 24.3 Å². The summed E-state index contributed by atoms with van der Waals surface area (Å²) in [4.78, 5) is 14.2. The molecule has 0 bridgehead atoms. The van der Waals surface area contributed by atoms with Crippen molar-refractivity contribution in [3.8, 4) is 17.6 Å². The largest absolute Gasteiger partial charge is 0.461 e. The first-order valence-corrected chi connectivity index (χ1v) is 10.2. The van der Waals surface area contributed by atoms with E-state index in [1.807, 2.05) is 6.07 Å². The van der Waals surface area contributed by atoms with Crippen LogP contribution in [0.15, 0.2) is 62.6 Å². The fourth-order valence-corrected chi connectivity index (χ4v) is 4.69. The van der Waals surface area contributed by atoms with Gasteiger partial charge in [0, 0.05) is 32.2 Å². The molecular formula is C19H16N4O5S. The van der Waals surface area contributed by atoms with Crippen LogP contribution in [0.2, 0.25) is 0 Å². The molecule has 3 aromatic rings. The summed E-state index contributed by atoms with van der Waals surface area (Å²) >= 11 is 0. The zero-order valence-corrected chi connectivity index (χ0v) is 16.0. The van der Waals surface area contributed by atoms with E-state index in [0.717, 1.165) is 0 Å². The summed E-state index contributed by atoms with van der Waals surface area (Å²) < 4.78 is 37.4. The Morgan fingerprint density at radius 1 is 1.07 bits per heavy atom. The number of hydrogen-bond donors (Lipinski definition) is 0. The molecule has 2 aromatic heterocycles. The van der Waals surface area contributed by atoms with Crippen molar-refractivity contribution < 1.29 is 22.2 Å². The first kappa shape index (κ1) is 18.9. The number of rotatable bonds is 4. The molecule has 1 fully saturated rings. The Labute approximate surface area is 166 Å². The third kappa shape index (κ3) is 3.53. The van der Waals surface area contributed by atoms with Gasteiger partial charge >= 0.3 is 0 Å². The molecule has 1 aliphatic heterocycles. The first-order valence-electron chi connectivity index (χ1n) is 8.80. The quantitative estimate of drug-likeness (QED) is 0.642. The van der Waals surface area contributed by atoms with Crippen LogP contribution in [-0.4, -0.2) is 54.9 Å². The lowest BCUT2D eigenvalue weighted by Crippen LogP contribution is -2.50. The summed E-state index contributed by atoms with van der Waals surface area (Å²) in [5, 5.41) is 13.0. The second-order valence-electron chi connectivity index (χ2n) is 6.36. The van der Waals surface area contributed by atoms with E-state index in [0.29, 0.717) is 11.5 Å². The Kier molecular flexibility index (Phi) is 4.92. The highest BCUT2D eigenvalue weighted by Gasteiger charge is 2.32. The van der Waals surface area contributed by atoms with E-state index < -0.39 is 10.0 Å². The van der Waals surface area contributed by atoms with Gasteiger partial charge in [-0.3, -0.25) is 4.79 Å². The van der Waals surface area contributed by atoms with E-state index in [1.165, 1.54) is 33.7 Å². The smallest absolute Gasteiger partial charge is 0.276 e. The Bertz CT molecular complexity index is 1170. The number of nitrogens with zero attached hydrogens (tertiary/aromatic N) is 4. The topological polar surface area (TPSA) is 121 Å². The molecule has 0 spiro atoms. The van der Waals surface area contributed by atoms with Gasteiger partial charge in [-0.15, -0.1) is 0 Å². The summed E-state index contributed by atoms with van der Waals surface area (Å²) in [5.74, 6) is 0.456. The normalized spacial score (nSPS) is 15.2. The van der Waals surface area contributed by atoms with Crippen LogP contribution in [0.4, 0.5) is 0 Å². The number of furan rings is 1. The van der Waals surface area contributed by atoms with E-state index in [-0.39, 0.29) is 48.2 Å². The maximum absolute atomic E-state index is 12.9. The van der Waals surface area contributed by atoms with E-state index in [1.54, 1.807) is 24.3 Å². The Morgan fingerprint density at radius 3 is 2.52 bits per heavy atom. The number of carbonyl (C=O) groups is 1. The minimum Gasteiger partial charge on any atom is -0.461 e. The van der Waals surface area contributed by atoms with Crippen molar-refractivity contribution in [2.75, 3.05) is 26.2 Å². The average molecular weight is 412 g/mol. The second kappa shape index (κ2) is 7.54. The molecule has 0 aliphatic carbocycles. The number of benzene rings is 1. The van der Waals surface area contributed by atoms with Crippen LogP contribution < -0.4 is 0 Å². The van der Waals surface area contributed by atoms with Crippen LogP contribution in [-0.2, 0) is 10.0 Å². The lowest BCUT2D eigenvalue weighted by Gasteiger charge is -2.33. The molecule has 0 N–H and O–H groups in total. The van der Waals surface area contributed by atoms with Crippen molar-refractivity contribution in [3.63, 3.8) is 0 Å². The Morgan fingerprint density at radius 2 is 1.83 bits per heavy atom. The molecule has 0 radical (unpaired) electrons. The van der Waals surface area contributed by atoms with Gasteiger partial charge < -0.3 is 13.8 Å². The highest BCUT2D eigenvalue weighted by atomic mass is 32.2. The fourth-order valence-electron chi connectivity index (χ4n) is 3.13. The highest BCUT2D eigenvalue weighted by molar-refractivity contribution is 7.89. The van der Waals surface area contributed by atoms with Crippen LogP contribution in [0.5, 0.6) is 0 Å². The molecule has 0 unspecified atom stereocenters. The molecule has 29 heavy (non-hydrogen) atoms. The minimum absolute atomic E-state index is 0.0260. The molecule has 1 amide bonds. The molecule has 1 saturated heterocycles. The number of sulfonamides is 1. The molecular weight excluding hydrogens is 396 g/mol. The van der Waals surface area contributed by atoms with Gasteiger partial charge in [-0.1, -0.05) is 17.3 Å². The standard InChI is InChI=1S/C19H16N4O5S/c20-13-14-4-1-2-6-18(14)29(25,26)23-9-7-22(8-10-23)19(24)15-12-17(28-21-15)16-5-3-11-27-16/h1-6,11-12H,7-10H2. The predicted molar refractivity (Wildman–Crippen MR) is 100 cm³/mol. The van der Waals surface area contributed by atoms with Gasteiger partial charge in [-0.25, -0.2) is 8.42 Å². The Balaban J connectivity index is 1.45. The third-order valence-electron chi connectivity index (χ3n) is 4.64. The predicted octanol–water partition coefficient (Wildman–Crippen LogP) is 1.95. The average Bonchev–Trinajstić information content (AvgIpc) is 3.45. The minimum atomic E-state index is -3.82. The van der Waals surface area contributed by atoms with Crippen LogP contribution >= 0.6 is 0 Å². The molecule has 3 heterocycles. The Hall–Kier alpha value is -3.42. The van der Waals surface area contributed by atoms with Gasteiger partial charge in [0.15, 0.2) is 11.5 Å². The first-order chi connectivity index (χ1) is 14.0. The van der Waals surface area contributed by atoms with Crippen molar-refractivity contribution in [2.24, 2.45) is 0 Å². The summed E-state index contributed by atoms with van der Waals surface area (Å²) in [6.07, 6.45) is 1.49. The van der Waals surface area contributed by atoms with Crippen molar-refractivity contribution in [1.29, 1.82) is 5.26 Å². The van der Waals surface area contributed by atoms with Crippen LogP contribution in [0.3, 0.4) is 0 Å². The maximum atomic E-state index is 12.9. The molecule has 148 valence electrons. The van der Waals surface area contributed by atoms with Crippen molar-refractivity contribution >= 4 is 15.9 Å². The van der Waals surface area contributed by atoms with E-state index >= 15 is 0 Å². The highest BCUT2D eigenvalue weighted by Crippen LogP contribution is 2.23. The number of nitriles is 1. The van der Waals surface area contributed by atoms with E-state index in [4.69, 9.17) is 8.94 Å². The van der Waals surface area contributed by atoms with E-state index in [2.05, 4.69) is 5.16 Å². The van der Waals surface area contributed by atoms with Crippen molar-refractivity contribution in [1.82, 2.24) is 14.4 Å². The monoisotopic (exact) mass is 412 g/mol.